The van der Waals surface area contributed by atoms with E-state index in [1.807, 2.05) is 0 Å². The molecule has 0 fully saturated rings. The van der Waals surface area contributed by atoms with Crippen molar-refractivity contribution in [2.24, 2.45) is 5.73 Å². The van der Waals surface area contributed by atoms with Gasteiger partial charge in [-0.25, -0.2) is 0 Å². The maximum atomic E-state index is 5.63. The lowest BCUT2D eigenvalue weighted by atomic mass is 9.87. The highest BCUT2D eigenvalue weighted by Crippen LogP contribution is 2.33. The molecule has 0 saturated carbocycles. The number of methoxy groups -OCH3 is 1. The van der Waals surface area contributed by atoms with E-state index < -0.39 is 0 Å². The molecule has 0 spiro atoms. The zero-order valence-electron chi connectivity index (χ0n) is 11.3. The van der Waals surface area contributed by atoms with E-state index in [-0.39, 0.29) is 0 Å². The summed E-state index contributed by atoms with van der Waals surface area (Å²) in [6.45, 7) is 8.50. The lowest BCUT2D eigenvalue weighted by Gasteiger charge is -2.20. The highest BCUT2D eigenvalue weighted by Gasteiger charge is 2.16. The number of benzene rings is 1. The van der Waals surface area contributed by atoms with Crippen molar-refractivity contribution in [3.8, 4) is 5.75 Å². The molecule has 94 valence electrons. The molecule has 0 saturated heterocycles. The van der Waals surface area contributed by atoms with E-state index in [2.05, 4.69) is 33.8 Å². The largest absolute Gasteiger partial charge is 0.496 e. The first-order valence-electron chi connectivity index (χ1n) is 5.81. The second-order valence-corrected chi connectivity index (χ2v) is 5.16. The molecule has 0 bridgehead atoms. The SMILES string of the molecule is COc1cc(C)c(C(C)CC(N)=S)c(C)c1C. The van der Waals surface area contributed by atoms with Crippen LogP contribution in [0.2, 0.25) is 0 Å². The third-order valence-electron chi connectivity index (χ3n) is 3.33. The van der Waals surface area contributed by atoms with Gasteiger partial charge in [0.25, 0.3) is 0 Å². The van der Waals surface area contributed by atoms with Gasteiger partial charge in [0.15, 0.2) is 0 Å². The highest BCUT2D eigenvalue weighted by molar-refractivity contribution is 7.80. The van der Waals surface area contributed by atoms with Crippen LogP contribution in [-0.2, 0) is 0 Å². The average Bonchev–Trinajstić information content (AvgIpc) is 2.22. The van der Waals surface area contributed by atoms with Gasteiger partial charge < -0.3 is 10.5 Å². The van der Waals surface area contributed by atoms with Gasteiger partial charge in [-0.3, -0.25) is 0 Å². The summed E-state index contributed by atoms with van der Waals surface area (Å²) < 4.78 is 5.37. The van der Waals surface area contributed by atoms with Crippen LogP contribution in [0.15, 0.2) is 6.07 Å². The third kappa shape index (κ3) is 2.97. The van der Waals surface area contributed by atoms with E-state index in [1.54, 1.807) is 7.11 Å². The van der Waals surface area contributed by atoms with E-state index >= 15 is 0 Å². The molecule has 1 unspecified atom stereocenters. The van der Waals surface area contributed by atoms with E-state index in [1.165, 1.54) is 22.3 Å². The topological polar surface area (TPSA) is 35.2 Å². The summed E-state index contributed by atoms with van der Waals surface area (Å²) in [4.78, 5) is 0.574. The Morgan fingerprint density at radius 3 is 2.41 bits per heavy atom. The molecule has 0 heterocycles. The molecular weight excluding hydrogens is 230 g/mol. The van der Waals surface area contributed by atoms with Gasteiger partial charge in [0.2, 0.25) is 0 Å². The van der Waals surface area contributed by atoms with E-state index in [0.29, 0.717) is 10.9 Å². The van der Waals surface area contributed by atoms with Gasteiger partial charge in [0.05, 0.1) is 12.1 Å². The van der Waals surface area contributed by atoms with Crippen LogP contribution in [0, 0.1) is 20.8 Å². The number of thiocarbonyl (C=S) groups is 1. The quantitative estimate of drug-likeness (QED) is 0.833. The van der Waals surface area contributed by atoms with Gasteiger partial charge >= 0.3 is 0 Å². The molecule has 17 heavy (non-hydrogen) atoms. The second-order valence-electron chi connectivity index (χ2n) is 4.63. The zero-order chi connectivity index (χ0) is 13.2. The maximum Gasteiger partial charge on any atom is 0.122 e. The molecule has 2 N–H and O–H groups in total. The van der Waals surface area contributed by atoms with Crippen LogP contribution < -0.4 is 10.5 Å². The maximum absolute atomic E-state index is 5.63. The molecule has 0 aliphatic heterocycles. The number of hydrogen-bond donors (Lipinski definition) is 1. The van der Waals surface area contributed by atoms with Crippen LogP contribution >= 0.6 is 12.2 Å². The van der Waals surface area contributed by atoms with Crippen LogP contribution in [-0.4, -0.2) is 12.1 Å². The van der Waals surface area contributed by atoms with Crippen molar-refractivity contribution in [2.45, 2.75) is 40.0 Å². The van der Waals surface area contributed by atoms with Crippen molar-refractivity contribution in [1.82, 2.24) is 0 Å². The molecular formula is C14H21NOS. The van der Waals surface area contributed by atoms with E-state index in [9.17, 15) is 0 Å². The molecule has 0 aromatic heterocycles. The summed E-state index contributed by atoms with van der Waals surface area (Å²) in [5.41, 5.74) is 10.7. The number of hydrogen-bond acceptors (Lipinski definition) is 2. The van der Waals surface area contributed by atoms with Crippen molar-refractivity contribution in [3.63, 3.8) is 0 Å². The normalized spacial score (nSPS) is 12.3. The van der Waals surface area contributed by atoms with Crippen LogP contribution in [0.4, 0.5) is 0 Å². The van der Waals surface area contributed by atoms with Gasteiger partial charge in [0.1, 0.15) is 5.75 Å². The lowest BCUT2D eigenvalue weighted by molar-refractivity contribution is 0.410. The van der Waals surface area contributed by atoms with Crippen LogP contribution in [0.25, 0.3) is 0 Å². The molecule has 1 atom stereocenters. The van der Waals surface area contributed by atoms with E-state index in [4.69, 9.17) is 22.7 Å². The number of ether oxygens (including phenoxy) is 1. The first-order valence-corrected chi connectivity index (χ1v) is 6.22. The van der Waals surface area contributed by atoms with Gasteiger partial charge in [-0.05, 0) is 55.0 Å². The van der Waals surface area contributed by atoms with Gasteiger partial charge in [-0.1, -0.05) is 19.1 Å². The summed E-state index contributed by atoms with van der Waals surface area (Å²) in [6.07, 6.45) is 0.753. The molecule has 2 nitrogen and oxygen atoms in total. The fourth-order valence-electron chi connectivity index (χ4n) is 2.44. The summed E-state index contributed by atoms with van der Waals surface area (Å²) in [5, 5.41) is 0. The van der Waals surface area contributed by atoms with Gasteiger partial charge in [-0.2, -0.15) is 0 Å². The second kappa shape index (κ2) is 5.50. The summed E-state index contributed by atoms with van der Waals surface area (Å²) in [6, 6.07) is 2.09. The molecule has 1 aromatic rings. The number of nitrogens with two attached hydrogens (primary N) is 1. The molecule has 0 aliphatic carbocycles. The smallest absolute Gasteiger partial charge is 0.122 e. The average molecular weight is 251 g/mol. The van der Waals surface area contributed by atoms with Crippen molar-refractivity contribution in [2.75, 3.05) is 7.11 Å². The van der Waals surface area contributed by atoms with Crippen LogP contribution in [0.5, 0.6) is 5.75 Å². The van der Waals surface area contributed by atoms with Crippen molar-refractivity contribution in [3.05, 3.63) is 28.3 Å². The summed E-state index contributed by atoms with van der Waals surface area (Å²) in [7, 11) is 1.71. The molecule has 0 radical (unpaired) electrons. The van der Waals surface area contributed by atoms with Crippen molar-refractivity contribution >= 4 is 17.2 Å². The monoisotopic (exact) mass is 251 g/mol. The molecule has 0 aliphatic rings. The minimum absolute atomic E-state index is 0.358. The summed E-state index contributed by atoms with van der Waals surface area (Å²) in [5.74, 6) is 1.31. The molecule has 0 amide bonds. The number of rotatable bonds is 4. The Balaban J connectivity index is 3.25. The Bertz CT molecular complexity index is 440. The Hall–Kier alpha value is -1.09. The lowest BCUT2D eigenvalue weighted by Crippen LogP contribution is -2.13. The van der Waals surface area contributed by atoms with Crippen molar-refractivity contribution < 1.29 is 4.74 Å². The molecule has 1 aromatic carbocycles. The van der Waals surface area contributed by atoms with Crippen molar-refractivity contribution in [1.29, 1.82) is 0 Å². The third-order valence-corrected chi connectivity index (χ3v) is 3.50. The molecule has 1 rings (SSSR count). The minimum atomic E-state index is 0.358. The van der Waals surface area contributed by atoms with Crippen LogP contribution in [0.1, 0.15) is 41.5 Å². The van der Waals surface area contributed by atoms with Crippen LogP contribution in [0.3, 0.4) is 0 Å². The Labute approximate surface area is 109 Å². The Morgan fingerprint density at radius 1 is 1.35 bits per heavy atom. The van der Waals surface area contributed by atoms with E-state index in [0.717, 1.165) is 12.2 Å². The zero-order valence-corrected chi connectivity index (χ0v) is 12.1. The van der Waals surface area contributed by atoms with Gasteiger partial charge in [-0.15, -0.1) is 0 Å². The Morgan fingerprint density at radius 2 is 1.94 bits per heavy atom. The predicted octanol–water partition coefficient (Wildman–Crippen LogP) is 3.40. The van der Waals surface area contributed by atoms with Gasteiger partial charge in [0, 0.05) is 6.42 Å². The predicted molar refractivity (Wildman–Crippen MR) is 77.0 cm³/mol. The first kappa shape index (κ1) is 14.0. The fourth-order valence-corrected chi connectivity index (χ4v) is 2.69. The minimum Gasteiger partial charge on any atom is -0.496 e. The Kier molecular flexibility index (Phi) is 4.52. The molecule has 3 heteroatoms. The standard InChI is InChI=1S/C14H21NOS/c1-8-6-12(16-5)10(3)11(4)14(8)9(2)7-13(15)17/h6,9H,7H2,1-5H3,(H2,15,17). The number of aryl methyl sites for hydroxylation is 1. The fraction of sp³-hybridized carbons (Fsp3) is 0.500. The first-order chi connectivity index (χ1) is 7.88. The highest BCUT2D eigenvalue weighted by atomic mass is 32.1. The summed E-state index contributed by atoms with van der Waals surface area (Å²) >= 11 is 4.99.